The molecule has 0 spiro atoms. The van der Waals surface area contributed by atoms with Gasteiger partial charge >= 0.3 is 0 Å². The summed E-state index contributed by atoms with van der Waals surface area (Å²) in [6.45, 7) is 7.00. The first kappa shape index (κ1) is 11.7. The largest absolute Gasteiger partial charge is 0.492 e. The second kappa shape index (κ2) is 5.46. The van der Waals surface area contributed by atoms with Crippen LogP contribution >= 0.6 is 0 Å². The lowest BCUT2D eigenvalue weighted by molar-refractivity contribution is 0.322. The van der Waals surface area contributed by atoms with Crippen LogP contribution in [0.2, 0.25) is 0 Å². The van der Waals surface area contributed by atoms with Crippen LogP contribution < -0.4 is 4.74 Å². The lowest BCUT2D eigenvalue weighted by atomic mass is 10.0. The highest BCUT2D eigenvalue weighted by molar-refractivity contribution is 5.39. The molecule has 0 unspecified atom stereocenters. The van der Waals surface area contributed by atoms with E-state index in [1.807, 2.05) is 0 Å². The van der Waals surface area contributed by atoms with Gasteiger partial charge in [0, 0.05) is 6.42 Å². The number of ether oxygens (including phenoxy) is 1. The molecule has 1 nitrogen and oxygen atoms in total. The lowest BCUT2D eigenvalue weighted by Crippen LogP contribution is -2.00. The van der Waals surface area contributed by atoms with Gasteiger partial charge in [-0.15, -0.1) is 12.3 Å². The third-order valence-electron chi connectivity index (χ3n) is 2.30. The number of rotatable bonds is 4. The minimum atomic E-state index is 0.478. The highest BCUT2D eigenvalue weighted by atomic mass is 16.5. The molecular weight excluding hydrogens is 184 g/mol. The Kier molecular flexibility index (Phi) is 4.24. The summed E-state index contributed by atoms with van der Waals surface area (Å²) in [7, 11) is 0. The number of aryl methyl sites for hydroxylation is 1. The van der Waals surface area contributed by atoms with Crippen molar-refractivity contribution in [3.63, 3.8) is 0 Å². The smallest absolute Gasteiger partial charge is 0.123 e. The normalized spacial score (nSPS) is 10.1. The van der Waals surface area contributed by atoms with E-state index in [2.05, 4.69) is 44.9 Å². The van der Waals surface area contributed by atoms with Crippen LogP contribution in [0.5, 0.6) is 5.75 Å². The summed E-state index contributed by atoms with van der Waals surface area (Å²) in [4.78, 5) is 0. The molecule has 0 fully saturated rings. The van der Waals surface area contributed by atoms with E-state index in [0.29, 0.717) is 18.9 Å². The fourth-order valence-corrected chi connectivity index (χ4v) is 1.46. The molecule has 0 N–H and O–H groups in total. The summed E-state index contributed by atoms with van der Waals surface area (Å²) >= 11 is 0. The standard InChI is InChI=1S/C14H18O/c1-5-6-9-15-14-10-12(4)7-8-13(14)11(2)3/h1,7-8,10-11H,6,9H2,2-4H3. The second-order valence-electron chi connectivity index (χ2n) is 4.00. The monoisotopic (exact) mass is 202 g/mol. The Labute approximate surface area is 92.5 Å². The Morgan fingerprint density at radius 2 is 2.13 bits per heavy atom. The van der Waals surface area contributed by atoms with Crippen LogP contribution in [-0.4, -0.2) is 6.61 Å². The number of hydrogen-bond acceptors (Lipinski definition) is 1. The van der Waals surface area contributed by atoms with Gasteiger partial charge in [-0.2, -0.15) is 0 Å². The highest BCUT2D eigenvalue weighted by Gasteiger charge is 2.07. The first-order chi connectivity index (χ1) is 7.15. The van der Waals surface area contributed by atoms with E-state index in [0.717, 1.165) is 5.75 Å². The van der Waals surface area contributed by atoms with E-state index in [9.17, 15) is 0 Å². The maximum Gasteiger partial charge on any atom is 0.123 e. The maximum atomic E-state index is 5.68. The molecule has 0 saturated heterocycles. The Bertz CT molecular complexity index is 358. The first-order valence-electron chi connectivity index (χ1n) is 5.32. The van der Waals surface area contributed by atoms with Gasteiger partial charge in [-0.1, -0.05) is 26.0 Å². The van der Waals surface area contributed by atoms with Crippen molar-refractivity contribution in [2.24, 2.45) is 0 Å². The summed E-state index contributed by atoms with van der Waals surface area (Å²) in [5, 5.41) is 0. The van der Waals surface area contributed by atoms with Crippen LogP contribution in [0, 0.1) is 19.3 Å². The summed E-state index contributed by atoms with van der Waals surface area (Å²) in [6, 6.07) is 6.32. The zero-order valence-electron chi connectivity index (χ0n) is 9.71. The van der Waals surface area contributed by atoms with Crippen molar-refractivity contribution in [3.05, 3.63) is 29.3 Å². The Balaban J connectivity index is 2.83. The molecule has 0 aliphatic carbocycles. The molecule has 1 aromatic carbocycles. The average Bonchev–Trinajstić information content (AvgIpc) is 2.18. The van der Waals surface area contributed by atoms with Crippen LogP contribution in [0.3, 0.4) is 0 Å². The maximum absolute atomic E-state index is 5.68. The van der Waals surface area contributed by atoms with Crippen molar-refractivity contribution in [1.82, 2.24) is 0 Å². The van der Waals surface area contributed by atoms with Gasteiger partial charge in [-0.25, -0.2) is 0 Å². The summed E-state index contributed by atoms with van der Waals surface area (Å²) < 4.78 is 5.68. The van der Waals surface area contributed by atoms with Gasteiger partial charge < -0.3 is 4.74 Å². The van der Waals surface area contributed by atoms with Gasteiger partial charge in [0.15, 0.2) is 0 Å². The van der Waals surface area contributed by atoms with E-state index < -0.39 is 0 Å². The zero-order valence-corrected chi connectivity index (χ0v) is 9.71. The molecule has 0 heterocycles. The third kappa shape index (κ3) is 3.32. The molecular formula is C14H18O. The number of terminal acetylenes is 1. The number of hydrogen-bond donors (Lipinski definition) is 0. The van der Waals surface area contributed by atoms with Crippen molar-refractivity contribution in [2.45, 2.75) is 33.1 Å². The molecule has 0 amide bonds. The van der Waals surface area contributed by atoms with Crippen molar-refractivity contribution in [3.8, 4) is 18.1 Å². The number of benzene rings is 1. The Hall–Kier alpha value is -1.42. The summed E-state index contributed by atoms with van der Waals surface area (Å²) in [5.74, 6) is 4.03. The van der Waals surface area contributed by atoms with Crippen molar-refractivity contribution < 1.29 is 4.74 Å². The van der Waals surface area contributed by atoms with Gasteiger partial charge in [-0.05, 0) is 30.0 Å². The third-order valence-corrected chi connectivity index (χ3v) is 2.30. The predicted molar refractivity (Wildman–Crippen MR) is 64.2 cm³/mol. The molecule has 1 rings (SSSR count). The summed E-state index contributed by atoms with van der Waals surface area (Å²) in [6.07, 6.45) is 5.85. The quantitative estimate of drug-likeness (QED) is 0.536. The molecule has 0 saturated carbocycles. The van der Waals surface area contributed by atoms with E-state index >= 15 is 0 Å². The van der Waals surface area contributed by atoms with Crippen molar-refractivity contribution in [1.29, 1.82) is 0 Å². The fourth-order valence-electron chi connectivity index (χ4n) is 1.46. The lowest BCUT2D eigenvalue weighted by Gasteiger charge is -2.14. The van der Waals surface area contributed by atoms with Gasteiger partial charge in [0.1, 0.15) is 5.75 Å². The van der Waals surface area contributed by atoms with Gasteiger partial charge in [0.25, 0.3) is 0 Å². The van der Waals surface area contributed by atoms with Gasteiger partial charge in [-0.3, -0.25) is 0 Å². The SMILES string of the molecule is C#CCCOc1cc(C)ccc1C(C)C. The molecule has 0 aliphatic rings. The molecule has 0 aliphatic heterocycles. The molecule has 15 heavy (non-hydrogen) atoms. The first-order valence-corrected chi connectivity index (χ1v) is 5.32. The highest BCUT2D eigenvalue weighted by Crippen LogP contribution is 2.27. The Morgan fingerprint density at radius 1 is 1.40 bits per heavy atom. The molecule has 80 valence electrons. The topological polar surface area (TPSA) is 9.23 Å². The predicted octanol–water partition coefficient (Wildman–Crippen LogP) is 3.52. The molecule has 1 aromatic rings. The van der Waals surface area contributed by atoms with Crippen molar-refractivity contribution in [2.75, 3.05) is 6.61 Å². The van der Waals surface area contributed by atoms with Crippen LogP contribution in [-0.2, 0) is 0 Å². The average molecular weight is 202 g/mol. The molecule has 0 radical (unpaired) electrons. The van der Waals surface area contributed by atoms with E-state index in [4.69, 9.17) is 11.2 Å². The molecule has 0 bridgehead atoms. The molecule has 0 atom stereocenters. The van der Waals surface area contributed by atoms with Crippen LogP contribution in [0.1, 0.15) is 37.3 Å². The van der Waals surface area contributed by atoms with Crippen LogP contribution in [0.4, 0.5) is 0 Å². The Morgan fingerprint density at radius 3 is 2.73 bits per heavy atom. The summed E-state index contributed by atoms with van der Waals surface area (Å²) in [5.41, 5.74) is 2.47. The second-order valence-corrected chi connectivity index (χ2v) is 4.00. The van der Waals surface area contributed by atoms with E-state index in [1.165, 1.54) is 11.1 Å². The van der Waals surface area contributed by atoms with Gasteiger partial charge in [0.05, 0.1) is 6.61 Å². The fraction of sp³-hybridized carbons (Fsp3) is 0.429. The molecule has 1 heteroatoms. The minimum Gasteiger partial charge on any atom is -0.492 e. The zero-order chi connectivity index (χ0) is 11.3. The van der Waals surface area contributed by atoms with Gasteiger partial charge in [0.2, 0.25) is 0 Å². The molecule has 0 aromatic heterocycles. The van der Waals surface area contributed by atoms with Crippen LogP contribution in [0.25, 0.3) is 0 Å². The van der Waals surface area contributed by atoms with Crippen LogP contribution in [0.15, 0.2) is 18.2 Å². The minimum absolute atomic E-state index is 0.478. The van der Waals surface area contributed by atoms with E-state index in [1.54, 1.807) is 0 Å². The van der Waals surface area contributed by atoms with E-state index in [-0.39, 0.29) is 0 Å². The van der Waals surface area contributed by atoms with Crippen molar-refractivity contribution >= 4 is 0 Å².